The third-order valence-electron chi connectivity index (χ3n) is 3.24. The summed E-state index contributed by atoms with van der Waals surface area (Å²) in [6.45, 7) is 2.53. The number of thioether (sulfide) groups is 1. The van der Waals surface area contributed by atoms with Gasteiger partial charge in [0, 0.05) is 25.1 Å². The Morgan fingerprint density at radius 3 is 2.80 bits per heavy atom. The Morgan fingerprint density at radius 2 is 2.16 bits per heavy atom. The second kappa shape index (κ2) is 8.82. The maximum atomic E-state index is 13.1. The van der Waals surface area contributed by atoms with E-state index in [0.29, 0.717) is 29.6 Å². The lowest BCUT2D eigenvalue weighted by atomic mass is 10.3. The SMILES string of the molecule is CCn1c(CCC(N)=O)nnc1SCC(=O)Nc1ccc(F)c(Cl)c1. The van der Waals surface area contributed by atoms with Crippen molar-refractivity contribution in [1.29, 1.82) is 0 Å². The number of halogens is 2. The van der Waals surface area contributed by atoms with Crippen molar-refractivity contribution < 1.29 is 14.0 Å². The van der Waals surface area contributed by atoms with Crippen LogP contribution in [0.15, 0.2) is 23.4 Å². The van der Waals surface area contributed by atoms with E-state index in [1.54, 1.807) is 0 Å². The van der Waals surface area contributed by atoms with Crippen molar-refractivity contribution in [2.24, 2.45) is 5.73 Å². The number of aromatic nitrogens is 3. The van der Waals surface area contributed by atoms with Crippen LogP contribution in [0.4, 0.5) is 10.1 Å². The van der Waals surface area contributed by atoms with Crippen LogP contribution in [-0.4, -0.2) is 32.3 Å². The molecule has 2 aromatic rings. The molecule has 1 aromatic carbocycles. The molecule has 10 heteroatoms. The molecule has 3 N–H and O–H groups in total. The number of nitrogens with zero attached hydrogens (tertiary/aromatic N) is 3. The van der Waals surface area contributed by atoms with Gasteiger partial charge in [-0.2, -0.15) is 0 Å². The average molecular weight is 386 g/mol. The standard InChI is InChI=1S/C15H17ClFN5O2S/c1-2-22-13(6-5-12(18)23)20-21-15(22)25-8-14(24)19-9-3-4-11(17)10(16)7-9/h3-4,7H,2,5-6,8H2,1H3,(H2,18,23)(H,19,24). The second-order valence-electron chi connectivity index (χ2n) is 5.08. The van der Waals surface area contributed by atoms with Crippen LogP contribution < -0.4 is 11.1 Å². The Kier molecular flexibility index (Phi) is 6.77. The molecule has 2 amide bonds. The number of carbonyl (C=O) groups is 2. The summed E-state index contributed by atoms with van der Waals surface area (Å²) in [5.41, 5.74) is 5.56. The fourth-order valence-corrected chi connectivity index (χ4v) is 3.07. The van der Waals surface area contributed by atoms with Gasteiger partial charge in [-0.15, -0.1) is 10.2 Å². The van der Waals surface area contributed by atoms with E-state index in [1.807, 2.05) is 11.5 Å². The van der Waals surface area contributed by atoms with Crippen LogP contribution in [0.3, 0.4) is 0 Å². The molecule has 0 aliphatic carbocycles. The van der Waals surface area contributed by atoms with Gasteiger partial charge in [0.2, 0.25) is 11.8 Å². The topological polar surface area (TPSA) is 103 Å². The van der Waals surface area contributed by atoms with Gasteiger partial charge in [-0.25, -0.2) is 4.39 Å². The monoisotopic (exact) mass is 385 g/mol. The fraction of sp³-hybridized carbons (Fsp3) is 0.333. The molecule has 1 aromatic heterocycles. The second-order valence-corrected chi connectivity index (χ2v) is 6.42. The molecule has 0 atom stereocenters. The van der Waals surface area contributed by atoms with E-state index in [9.17, 15) is 14.0 Å². The number of nitrogens with two attached hydrogens (primary N) is 1. The summed E-state index contributed by atoms with van der Waals surface area (Å²) in [5, 5.41) is 11.2. The molecule has 0 aliphatic heterocycles. The van der Waals surface area contributed by atoms with Crippen molar-refractivity contribution in [3.05, 3.63) is 34.9 Å². The smallest absolute Gasteiger partial charge is 0.234 e. The molecule has 0 unspecified atom stereocenters. The van der Waals surface area contributed by atoms with Crippen molar-refractivity contribution in [2.45, 2.75) is 31.5 Å². The summed E-state index contributed by atoms with van der Waals surface area (Å²) in [6.07, 6.45) is 0.589. The third kappa shape index (κ3) is 5.43. The van der Waals surface area contributed by atoms with Crippen LogP contribution in [0.5, 0.6) is 0 Å². The van der Waals surface area contributed by atoms with Crippen LogP contribution in [0.1, 0.15) is 19.2 Å². The van der Waals surface area contributed by atoms with Gasteiger partial charge in [0.25, 0.3) is 0 Å². The van der Waals surface area contributed by atoms with Gasteiger partial charge in [0.1, 0.15) is 11.6 Å². The van der Waals surface area contributed by atoms with E-state index in [2.05, 4.69) is 15.5 Å². The van der Waals surface area contributed by atoms with E-state index in [0.717, 1.165) is 0 Å². The van der Waals surface area contributed by atoms with Gasteiger partial charge in [-0.3, -0.25) is 9.59 Å². The highest BCUT2D eigenvalue weighted by molar-refractivity contribution is 7.99. The number of amides is 2. The predicted octanol–water partition coefficient (Wildman–Crippen LogP) is 2.24. The molecule has 1 heterocycles. The highest BCUT2D eigenvalue weighted by Crippen LogP contribution is 2.21. The predicted molar refractivity (Wildman–Crippen MR) is 94.0 cm³/mol. The van der Waals surface area contributed by atoms with Gasteiger partial charge < -0.3 is 15.6 Å². The molecule has 7 nitrogen and oxygen atoms in total. The number of rotatable bonds is 8. The minimum Gasteiger partial charge on any atom is -0.370 e. The van der Waals surface area contributed by atoms with Crippen molar-refractivity contribution in [3.63, 3.8) is 0 Å². The summed E-state index contributed by atoms with van der Waals surface area (Å²) in [7, 11) is 0. The van der Waals surface area contributed by atoms with Crippen molar-refractivity contribution in [1.82, 2.24) is 14.8 Å². The molecule has 0 aliphatic rings. The Hall–Kier alpha value is -2.13. The molecule has 134 valence electrons. The Bertz CT molecular complexity index is 783. The Labute approximate surface area is 153 Å². The molecule has 2 rings (SSSR count). The minimum atomic E-state index is -0.548. The number of benzene rings is 1. The summed E-state index contributed by atoms with van der Waals surface area (Å²) >= 11 is 6.89. The first kappa shape index (κ1) is 19.2. The van der Waals surface area contributed by atoms with Gasteiger partial charge >= 0.3 is 0 Å². The lowest BCUT2D eigenvalue weighted by Crippen LogP contribution is -2.15. The van der Waals surface area contributed by atoms with Crippen molar-refractivity contribution in [2.75, 3.05) is 11.1 Å². The summed E-state index contributed by atoms with van der Waals surface area (Å²) in [4.78, 5) is 22.9. The van der Waals surface area contributed by atoms with Gasteiger partial charge in [-0.1, -0.05) is 23.4 Å². The van der Waals surface area contributed by atoms with E-state index in [-0.39, 0.29) is 23.1 Å². The van der Waals surface area contributed by atoms with E-state index in [4.69, 9.17) is 17.3 Å². The van der Waals surface area contributed by atoms with Gasteiger partial charge in [-0.05, 0) is 25.1 Å². The first-order chi connectivity index (χ1) is 11.9. The molecule has 0 saturated carbocycles. The molecule has 0 saturated heterocycles. The maximum Gasteiger partial charge on any atom is 0.234 e. The number of anilines is 1. The number of nitrogens with one attached hydrogen (secondary N) is 1. The van der Waals surface area contributed by atoms with Crippen LogP contribution in [0, 0.1) is 5.82 Å². The van der Waals surface area contributed by atoms with Crippen LogP contribution in [-0.2, 0) is 22.6 Å². The molecular weight excluding hydrogens is 369 g/mol. The zero-order valence-corrected chi connectivity index (χ0v) is 15.0. The van der Waals surface area contributed by atoms with Crippen molar-refractivity contribution >= 4 is 40.9 Å². The van der Waals surface area contributed by atoms with Crippen LogP contribution in [0.2, 0.25) is 5.02 Å². The quantitative estimate of drug-likeness (QED) is 0.678. The number of carbonyl (C=O) groups excluding carboxylic acids is 2. The van der Waals surface area contributed by atoms with Crippen LogP contribution >= 0.6 is 23.4 Å². The highest BCUT2D eigenvalue weighted by Gasteiger charge is 2.14. The average Bonchev–Trinajstić information content (AvgIpc) is 2.96. The maximum absolute atomic E-state index is 13.1. The first-order valence-corrected chi connectivity index (χ1v) is 8.85. The zero-order valence-electron chi connectivity index (χ0n) is 13.5. The highest BCUT2D eigenvalue weighted by atomic mass is 35.5. The zero-order chi connectivity index (χ0) is 18.4. The summed E-state index contributed by atoms with van der Waals surface area (Å²) in [6, 6.07) is 3.96. The number of primary amides is 1. The Morgan fingerprint density at radius 1 is 1.40 bits per heavy atom. The fourth-order valence-electron chi connectivity index (χ4n) is 2.06. The van der Waals surface area contributed by atoms with Crippen LogP contribution in [0.25, 0.3) is 0 Å². The lowest BCUT2D eigenvalue weighted by molar-refractivity contribution is -0.118. The third-order valence-corrected chi connectivity index (χ3v) is 4.50. The molecule has 25 heavy (non-hydrogen) atoms. The molecular formula is C15H17ClFN5O2S. The van der Waals surface area contributed by atoms with E-state index >= 15 is 0 Å². The normalized spacial score (nSPS) is 10.7. The summed E-state index contributed by atoms with van der Waals surface area (Å²) in [5.74, 6) is -0.486. The number of aryl methyl sites for hydroxylation is 1. The molecule has 0 radical (unpaired) electrons. The van der Waals surface area contributed by atoms with Gasteiger partial charge in [0.05, 0.1) is 10.8 Å². The molecule has 0 fully saturated rings. The molecule has 0 bridgehead atoms. The van der Waals surface area contributed by atoms with Crippen molar-refractivity contribution in [3.8, 4) is 0 Å². The minimum absolute atomic E-state index is 0.0599. The number of hydrogen-bond acceptors (Lipinski definition) is 5. The summed E-state index contributed by atoms with van der Waals surface area (Å²) < 4.78 is 14.9. The Balaban J connectivity index is 1.94. The first-order valence-electron chi connectivity index (χ1n) is 7.48. The van der Waals surface area contributed by atoms with E-state index < -0.39 is 11.7 Å². The largest absolute Gasteiger partial charge is 0.370 e. The van der Waals surface area contributed by atoms with E-state index in [1.165, 1.54) is 30.0 Å². The van der Waals surface area contributed by atoms with Gasteiger partial charge in [0.15, 0.2) is 5.16 Å². The molecule has 0 spiro atoms. The lowest BCUT2D eigenvalue weighted by Gasteiger charge is -2.08. The number of hydrogen-bond donors (Lipinski definition) is 2.